The van der Waals surface area contributed by atoms with E-state index in [9.17, 15) is 0 Å². The topological polar surface area (TPSA) is 15.8 Å². The van der Waals surface area contributed by atoms with Crippen LogP contribution in [0.25, 0.3) is 0 Å². The van der Waals surface area contributed by atoms with Crippen LogP contribution in [-0.2, 0) is 17.1 Å². The van der Waals surface area contributed by atoms with Gasteiger partial charge in [0, 0.05) is 0 Å². The van der Waals surface area contributed by atoms with Crippen LogP contribution in [0.3, 0.4) is 0 Å². The van der Waals surface area contributed by atoms with E-state index in [1.807, 2.05) is 6.20 Å². The molecular formula is C7H11NRu. The van der Waals surface area contributed by atoms with E-state index < -0.39 is 0 Å². The summed E-state index contributed by atoms with van der Waals surface area (Å²) in [4.78, 5) is 3.21. The van der Waals surface area contributed by atoms with Crippen molar-refractivity contribution < 1.29 is 17.1 Å². The molecule has 0 amide bonds. The van der Waals surface area contributed by atoms with Crippen molar-refractivity contribution in [3.05, 3.63) is 18.3 Å². The summed E-state index contributed by atoms with van der Waals surface area (Å²) in [5, 5.41) is 1.38. The summed E-state index contributed by atoms with van der Waals surface area (Å²) in [6.07, 6.45) is 3.32. The molecule has 0 aromatic carbocycles. The molecule has 0 unspecified atom stereocenters. The maximum atomic E-state index is 3.21. The predicted octanol–water partition coefficient (Wildman–Crippen LogP) is 1.55. The van der Waals surface area contributed by atoms with Crippen LogP contribution >= 0.6 is 0 Å². The summed E-state index contributed by atoms with van der Waals surface area (Å²) in [7, 11) is 0. The second-order valence-corrected chi connectivity index (χ2v) is 4.23. The van der Waals surface area contributed by atoms with Gasteiger partial charge >= 0.3 is 63.1 Å². The van der Waals surface area contributed by atoms with E-state index in [1.165, 1.54) is 15.7 Å². The Hall–Kier alpha value is -0.0966. The quantitative estimate of drug-likeness (QED) is 0.729. The average molecular weight is 210 g/mol. The molecule has 0 radical (unpaired) electrons. The molecule has 0 saturated heterocycles. The number of H-pyrrole nitrogens is 1. The van der Waals surface area contributed by atoms with Crippen LogP contribution in [0.15, 0.2) is 18.3 Å². The van der Waals surface area contributed by atoms with Crippen molar-refractivity contribution in [2.24, 2.45) is 0 Å². The standard InChI is InChI=1S/C4H4N.C3H7.Ru/c1-2-4-5-3-1;1-3-2;/h1-3,5H;1,3H2,2H3;. The first-order chi connectivity index (χ1) is 4.43. The summed E-state index contributed by atoms with van der Waals surface area (Å²) >= 11 is 0.470. The van der Waals surface area contributed by atoms with E-state index in [-0.39, 0.29) is 0 Å². The first kappa shape index (κ1) is 7.02. The third kappa shape index (κ3) is 2.32. The van der Waals surface area contributed by atoms with E-state index in [2.05, 4.69) is 24.0 Å². The van der Waals surface area contributed by atoms with Gasteiger partial charge in [-0.15, -0.1) is 0 Å². The molecule has 9 heavy (non-hydrogen) atoms. The number of rotatable bonds is 3. The monoisotopic (exact) mass is 211 g/mol. The molecule has 0 aliphatic rings. The van der Waals surface area contributed by atoms with Gasteiger partial charge in [-0.3, -0.25) is 0 Å². The fraction of sp³-hybridized carbons (Fsp3) is 0.429. The summed E-state index contributed by atoms with van der Waals surface area (Å²) in [6.45, 7) is 2.23. The van der Waals surface area contributed by atoms with Gasteiger partial charge in [-0.2, -0.15) is 0 Å². The van der Waals surface area contributed by atoms with Gasteiger partial charge in [0.25, 0.3) is 0 Å². The van der Waals surface area contributed by atoms with Crippen molar-refractivity contribution in [1.82, 2.24) is 4.98 Å². The fourth-order valence-corrected chi connectivity index (χ4v) is 2.16. The zero-order valence-electron chi connectivity index (χ0n) is 5.50. The average Bonchev–Trinajstić information content (AvgIpc) is 2.34. The molecule has 0 saturated carbocycles. The molecule has 0 fully saturated rings. The minimum absolute atomic E-state index is 0.470. The molecule has 1 heterocycles. The summed E-state index contributed by atoms with van der Waals surface area (Å²) in [6, 6.07) is 4.24. The normalized spacial score (nSPS) is 10.3. The van der Waals surface area contributed by atoms with Gasteiger partial charge < -0.3 is 0 Å². The van der Waals surface area contributed by atoms with Gasteiger partial charge in [0.2, 0.25) is 0 Å². The van der Waals surface area contributed by atoms with Gasteiger partial charge in [-0.25, -0.2) is 0 Å². The van der Waals surface area contributed by atoms with Crippen molar-refractivity contribution in [1.29, 1.82) is 0 Å². The van der Waals surface area contributed by atoms with Crippen molar-refractivity contribution in [2.45, 2.75) is 18.4 Å². The van der Waals surface area contributed by atoms with Crippen LogP contribution in [-0.4, -0.2) is 4.98 Å². The van der Waals surface area contributed by atoms with Crippen molar-refractivity contribution in [3.8, 4) is 0 Å². The Morgan fingerprint density at radius 1 is 1.67 bits per heavy atom. The number of nitrogens with one attached hydrogen (secondary N) is 1. The maximum absolute atomic E-state index is 3.21. The molecule has 52 valence electrons. The Bertz CT molecular complexity index is 146. The second-order valence-electron chi connectivity index (χ2n) is 1.81. The Morgan fingerprint density at radius 3 is 3.11 bits per heavy atom. The van der Waals surface area contributed by atoms with E-state index in [0.717, 1.165) is 0 Å². The first-order valence-corrected chi connectivity index (χ1v) is 5.23. The molecule has 0 aliphatic heterocycles. The van der Waals surface area contributed by atoms with Gasteiger partial charge in [0.1, 0.15) is 0 Å². The van der Waals surface area contributed by atoms with Crippen LogP contribution in [0.1, 0.15) is 13.3 Å². The van der Waals surface area contributed by atoms with Crippen LogP contribution < -0.4 is 4.29 Å². The zero-order chi connectivity index (χ0) is 6.53. The number of hydrogen-bond acceptors (Lipinski definition) is 0. The summed E-state index contributed by atoms with van der Waals surface area (Å²) in [5.41, 5.74) is 0. The SMILES string of the molecule is CC[CH2][Ru][c]1ccc[nH]1. The summed E-state index contributed by atoms with van der Waals surface area (Å²) < 4.78 is 1.45. The molecule has 1 rings (SSSR count). The number of aromatic amines is 1. The van der Waals surface area contributed by atoms with Crippen molar-refractivity contribution >= 4 is 4.29 Å². The minimum atomic E-state index is 0.470. The van der Waals surface area contributed by atoms with Crippen LogP contribution in [0.4, 0.5) is 0 Å². The Morgan fingerprint density at radius 2 is 2.56 bits per heavy atom. The fourth-order valence-electron chi connectivity index (χ4n) is 0.565. The Kier molecular flexibility index (Phi) is 2.99. The molecule has 0 bridgehead atoms. The van der Waals surface area contributed by atoms with Gasteiger partial charge in [-0.1, -0.05) is 0 Å². The number of aromatic nitrogens is 1. The molecular weight excluding hydrogens is 199 g/mol. The van der Waals surface area contributed by atoms with Gasteiger partial charge in [0.15, 0.2) is 0 Å². The van der Waals surface area contributed by atoms with E-state index in [1.54, 1.807) is 0 Å². The van der Waals surface area contributed by atoms with Crippen LogP contribution in [0.5, 0.6) is 0 Å². The van der Waals surface area contributed by atoms with Crippen molar-refractivity contribution in [3.63, 3.8) is 0 Å². The van der Waals surface area contributed by atoms with Gasteiger partial charge in [0.05, 0.1) is 0 Å². The van der Waals surface area contributed by atoms with E-state index in [0.29, 0.717) is 17.1 Å². The predicted molar refractivity (Wildman–Crippen MR) is 35.5 cm³/mol. The molecule has 1 N–H and O–H groups in total. The van der Waals surface area contributed by atoms with E-state index in [4.69, 9.17) is 0 Å². The molecule has 1 nitrogen and oxygen atoms in total. The molecule has 0 atom stereocenters. The zero-order valence-corrected chi connectivity index (χ0v) is 7.24. The Labute approximate surface area is 63.5 Å². The Balaban J connectivity index is 2.30. The third-order valence-electron chi connectivity index (χ3n) is 0.952. The van der Waals surface area contributed by atoms with Gasteiger partial charge in [-0.05, 0) is 0 Å². The van der Waals surface area contributed by atoms with Crippen LogP contribution in [0.2, 0.25) is 5.02 Å². The number of hydrogen-bond donors (Lipinski definition) is 1. The molecule has 1 aromatic rings. The van der Waals surface area contributed by atoms with Crippen LogP contribution in [0, 0.1) is 0 Å². The molecule has 1 aromatic heterocycles. The second kappa shape index (κ2) is 3.84. The molecule has 0 spiro atoms. The molecule has 2 heteroatoms. The first-order valence-electron chi connectivity index (χ1n) is 3.13. The van der Waals surface area contributed by atoms with E-state index >= 15 is 0 Å². The summed E-state index contributed by atoms with van der Waals surface area (Å²) in [5.74, 6) is 0. The molecule has 0 aliphatic carbocycles. The third-order valence-corrected chi connectivity index (χ3v) is 3.46. The van der Waals surface area contributed by atoms with Crippen molar-refractivity contribution in [2.75, 3.05) is 0 Å².